The summed E-state index contributed by atoms with van der Waals surface area (Å²) in [5, 5.41) is 0. The number of alkyl halides is 3. The predicted molar refractivity (Wildman–Crippen MR) is 90.7 cm³/mol. The summed E-state index contributed by atoms with van der Waals surface area (Å²) in [6.45, 7) is 3.62. The zero-order chi connectivity index (χ0) is 18.2. The number of benzene rings is 1. The van der Waals surface area contributed by atoms with Gasteiger partial charge in [0.15, 0.2) is 5.79 Å². The van der Waals surface area contributed by atoms with Crippen molar-refractivity contribution in [1.82, 2.24) is 0 Å². The molecule has 0 aromatic heterocycles. The second-order valence-electron chi connectivity index (χ2n) is 8.77. The zero-order valence-corrected chi connectivity index (χ0v) is 15.1. The number of halogens is 3. The number of aryl methyl sites for hydroxylation is 1. The largest absolute Gasteiger partial charge is 0.416 e. The van der Waals surface area contributed by atoms with Gasteiger partial charge >= 0.3 is 6.18 Å². The Bertz CT molecular complexity index is 722. The van der Waals surface area contributed by atoms with Crippen molar-refractivity contribution < 1.29 is 22.6 Å². The highest BCUT2D eigenvalue weighted by Gasteiger charge is 2.65. The fourth-order valence-corrected chi connectivity index (χ4v) is 6.63. The van der Waals surface area contributed by atoms with E-state index in [0.717, 1.165) is 49.7 Å². The Kier molecular flexibility index (Phi) is 3.59. The van der Waals surface area contributed by atoms with Crippen molar-refractivity contribution in [2.24, 2.45) is 17.3 Å². The third kappa shape index (κ3) is 2.19. The first-order chi connectivity index (χ1) is 12.3. The molecule has 26 heavy (non-hydrogen) atoms. The minimum Gasteiger partial charge on any atom is -0.347 e. The van der Waals surface area contributed by atoms with Crippen LogP contribution >= 0.6 is 0 Å². The molecule has 0 unspecified atom stereocenters. The maximum absolute atomic E-state index is 13.2. The molecule has 2 nitrogen and oxygen atoms in total. The fourth-order valence-electron chi connectivity index (χ4n) is 6.63. The molecule has 3 aliphatic carbocycles. The Balaban J connectivity index is 1.51. The molecule has 1 saturated heterocycles. The molecule has 1 aliphatic heterocycles. The Labute approximate surface area is 152 Å². The van der Waals surface area contributed by atoms with Crippen LogP contribution in [-0.4, -0.2) is 19.0 Å². The molecule has 1 aromatic carbocycles. The smallest absolute Gasteiger partial charge is 0.347 e. The van der Waals surface area contributed by atoms with E-state index >= 15 is 0 Å². The average Bonchev–Trinajstić information content (AvgIpc) is 3.20. The van der Waals surface area contributed by atoms with Crippen molar-refractivity contribution in [3.63, 3.8) is 0 Å². The predicted octanol–water partition coefficient (Wildman–Crippen LogP) is 5.30. The molecule has 4 atom stereocenters. The van der Waals surface area contributed by atoms with Crippen LogP contribution < -0.4 is 0 Å². The van der Waals surface area contributed by atoms with E-state index in [1.807, 2.05) is 0 Å². The van der Waals surface area contributed by atoms with E-state index in [2.05, 4.69) is 6.92 Å². The summed E-state index contributed by atoms with van der Waals surface area (Å²) in [5.41, 5.74) is 1.55. The van der Waals surface area contributed by atoms with E-state index in [0.29, 0.717) is 25.0 Å². The van der Waals surface area contributed by atoms with Gasteiger partial charge in [0, 0.05) is 11.8 Å². The summed E-state index contributed by atoms with van der Waals surface area (Å²) in [7, 11) is 0. The Morgan fingerprint density at radius 3 is 2.54 bits per heavy atom. The molecule has 0 bridgehead atoms. The van der Waals surface area contributed by atoms with Crippen molar-refractivity contribution in [3.8, 4) is 0 Å². The third-order valence-corrected chi connectivity index (χ3v) is 7.85. The topological polar surface area (TPSA) is 18.5 Å². The molecular weight excluding hydrogens is 341 g/mol. The maximum atomic E-state index is 13.2. The van der Waals surface area contributed by atoms with Crippen LogP contribution in [0.25, 0.3) is 0 Å². The molecule has 1 spiro atoms. The summed E-state index contributed by atoms with van der Waals surface area (Å²) < 4.78 is 51.9. The lowest BCUT2D eigenvalue weighted by atomic mass is 9.54. The molecular formula is C21H25F3O2. The van der Waals surface area contributed by atoms with E-state index in [1.54, 1.807) is 6.07 Å². The second kappa shape index (κ2) is 5.48. The van der Waals surface area contributed by atoms with Gasteiger partial charge in [-0.1, -0.05) is 13.0 Å². The molecule has 0 N–H and O–H groups in total. The van der Waals surface area contributed by atoms with Crippen molar-refractivity contribution in [2.45, 2.75) is 63.3 Å². The maximum Gasteiger partial charge on any atom is 0.416 e. The van der Waals surface area contributed by atoms with Gasteiger partial charge in [-0.15, -0.1) is 0 Å². The minimum absolute atomic E-state index is 0.0101. The molecule has 5 heteroatoms. The van der Waals surface area contributed by atoms with Gasteiger partial charge in [-0.3, -0.25) is 0 Å². The lowest BCUT2D eigenvalue weighted by molar-refractivity contribution is -0.237. The number of hydrogen-bond acceptors (Lipinski definition) is 2. The lowest BCUT2D eigenvalue weighted by Gasteiger charge is -2.52. The molecule has 142 valence electrons. The summed E-state index contributed by atoms with van der Waals surface area (Å²) in [6, 6.07) is 4.39. The first-order valence-corrected chi connectivity index (χ1v) is 9.82. The van der Waals surface area contributed by atoms with Crippen LogP contribution in [0.3, 0.4) is 0 Å². The Morgan fingerprint density at radius 2 is 1.81 bits per heavy atom. The molecule has 0 amide bonds. The fraction of sp³-hybridized carbons (Fsp3) is 0.714. The van der Waals surface area contributed by atoms with E-state index in [9.17, 15) is 13.2 Å². The first kappa shape index (κ1) is 17.1. The highest BCUT2D eigenvalue weighted by Crippen LogP contribution is 2.66. The van der Waals surface area contributed by atoms with E-state index in [4.69, 9.17) is 9.47 Å². The van der Waals surface area contributed by atoms with Gasteiger partial charge in [0.1, 0.15) is 0 Å². The first-order valence-electron chi connectivity index (χ1n) is 9.82. The molecule has 3 fully saturated rings. The van der Waals surface area contributed by atoms with Gasteiger partial charge in [-0.05, 0) is 73.1 Å². The quantitative estimate of drug-likeness (QED) is 0.620. The van der Waals surface area contributed by atoms with Crippen molar-refractivity contribution in [2.75, 3.05) is 13.2 Å². The number of hydrogen-bond donors (Lipinski definition) is 0. The summed E-state index contributed by atoms with van der Waals surface area (Å²) >= 11 is 0. The average molecular weight is 366 g/mol. The highest BCUT2D eigenvalue weighted by molar-refractivity contribution is 5.39. The molecule has 4 aliphatic rings. The zero-order valence-electron chi connectivity index (χ0n) is 15.1. The van der Waals surface area contributed by atoms with Gasteiger partial charge < -0.3 is 9.47 Å². The van der Waals surface area contributed by atoms with Crippen molar-refractivity contribution in [1.29, 1.82) is 0 Å². The third-order valence-electron chi connectivity index (χ3n) is 7.85. The number of ether oxygens (including phenoxy) is 2. The van der Waals surface area contributed by atoms with Crippen LogP contribution in [-0.2, 0) is 22.1 Å². The summed E-state index contributed by atoms with van der Waals surface area (Å²) in [5.74, 6) is 0.714. The van der Waals surface area contributed by atoms with Gasteiger partial charge in [0.05, 0.1) is 18.8 Å². The van der Waals surface area contributed by atoms with E-state index in [1.165, 1.54) is 12.1 Å². The Morgan fingerprint density at radius 1 is 1.04 bits per heavy atom. The van der Waals surface area contributed by atoms with Gasteiger partial charge in [-0.25, -0.2) is 0 Å². The molecule has 2 saturated carbocycles. The van der Waals surface area contributed by atoms with E-state index < -0.39 is 17.5 Å². The molecule has 0 radical (unpaired) electrons. The van der Waals surface area contributed by atoms with Gasteiger partial charge in [-0.2, -0.15) is 13.2 Å². The van der Waals surface area contributed by atoms with Crippen LogP contribution in [0.15, 0.2) is 18.2 Å². The number of fused-ring (bicyclic) bond motifs is 6. The van der Waals surface area contributed by atoms with Crippen LogP contribution in [0.1, 0.15) is 61.6 Å². The monoisotopic (exact) mass is 366 g/mol. The lowest BCUT2D eigenvalue weighted by Crippen LogP contribution is -2.51. The van der Waals surface area contributed by atoms with Gasteiger partial charge in [0.25, 0.3) is 0 Å². The van der Waals surface area contributed by atoms with Crippen LogP contribution in [0.4, 0.5) is 13.2 Å². The van der Waals surface area contributed by atoms with Crippen LogP contribution in [0, 0.1) is 17.3 Å². The van der Waals surface area contributed by atoms with Crippen molar-refractivity contribution in [3.05, 3.63) is 34.9 Å². The van der Waals surface area contributed by atoms with Gasteiger partial charge in [0.2, 0.25) is 0 Å². The van der Waals surface area contributed by atoms with Crippen LogP contribution in [0.5, 0.6) is 0 Å². The molecule has 1 aromatic rings. The highest BCUT2D eigenvalue weighted by atomic mass is 19.4. The van der Waals surface area contributed by atoms with E-state index in [-0.39, 0.29) is 11.3 Å². The van der Waals surface area contributed by atoms with Crippen molar-refractivity contribution >= 4 is 0 Å². The molecule has 5 rings (SSSR count). The Hall–Kier alpha value is -1.07. The summed E-state index contributed by atoms with van der Waals surface area (Å²) in [4.78, 5) is 0. The number of rotatable bonds is 0. The standard InChI is InChI=1S/C21H25F3O2/c1-19-8-6-15-16(18(19)7-9-20(19)25-10-11-26-20)5-3-13-2-4-14(12-17(13)15)21(22,23)24/h2,4,12,15-16,18H,3,5-11H2,1H3/t15-,16+,18-,19-/m0/s1. The van der Waals surface area contributed by atoms with Crippen LogP contribution in [0.2, 0.25) is 0 Å². The SMILES string of the molecule is C[C@]12CC[C@@H]3c4cc(C(F)(F)F)ccc4CC[C@H]3[C@@H]1CCC21OCCO1. The molecule has 1 heterocycles. The normalized spacial score (nSPS) is 38.1. The minimum atomic E-state index is -4.27. The summed E-state index contributed by atoms with van der Waals surface area (Å²) in [6.07, 6.45) is 1.57. The second-order valence-corrected chi connectivity index (χ2v) is 8.77.